The predicted octanol–water partition coefficient (Wildman–Crippen LogP) is 12.6. The van der Waals surface area contributed by atoms with Crippen molar-refractivity contribution in [3.63, 3.8) is 0 Å². The molecule has 2 aromatic heterocycles. The molecule has 0 spiro atoms. The molecule has 0 saturated heterocycles. The third kappa shape index (κ3) is 5.86. The monoisotopic (exact) mass is 940 g/mol. The summed E-state index contributed by atoms with van der Waals surface area (Å²) in [6.07, 6.45) is 8.81. The van der Waals surface area contributed by atoms with E-state index in [9.17, 15) is 0 Å². The number of para-hydroxylation sites is 3. The predicted molar refractivity (Wildman–Crippen MR) is 232 cm³/mol. The Bertz CT molecular complexity index is 2660. The van der Waals surface area contributed by atoms with Gasteiger partial charge in [-0.3, -0.25) is 0 Å². The van der Waals surface area contributed by atoms with E-state index in [2.05, 4.69) is 177 Å². The summed E-state index contributed by atoms with van der Waals surface area (Å²) < 4.78 is 9.10. The first kappa shape index (κ1) is 37.4. The van der Waals surface area contributed by atoms with Gasteiger partial charge in [-0.05, 0) is 122 Å². The van der Waals surface area contributed by atoms with Crippen LogP contribution in [0.15, 0.2) is 115 Å². The zero-order valence-electron chi connectivity index (χ0n) is 33.9. The molecule has 4 aliphatic carbocycles. The fourth-order valence-corrected chi connectivity index (χ4v) is 11.6. The molecular formula is C52H49N4OPt-3. The van der Waals surface area contributed by atoms with Crippen LogP contribution in [0.2, 0.25) is 0 Å². The average molecular weight is 941 g/mol. The van der Waals surface area contributed by atoms with E-state index >= 15 is 0 Å². The van der Waals surface area contributed by atoms with Gasteiger partial charge in [0.25, 0.3) is 0 Å². The SMILES string of the molecule is Cc1ccc(C2(c3ccnc(-n4c5[c-]c(Oc6[c-]c(N7[CH-]N(C)c8ccccc87)cc(C(C)(C)C)c6)ccc5c5ccccc54)c3)C3CC4CC(C3)CC2C4)cc1.[Pt]. The number of ether oxygens (including phenoxy) is 1. The fraction of sp³-hybridized carbons (Fsp3) is 0.308. The van der Waals surface area contributed by atoms with Crippen molar-refractivity contribution in [3.05, 3.63) is 156 Å². The summed E-state index contributed by atoms with van der Waals surface area (Å²) >= 11 is 0. The van der Waals surface area contributed by atoms with Crippen LogP contribution in [0.3, 0.4) is 0 Å². The summed E-state index contributed by atoms with van der Waals surface area (Å²) in [5.74, 6) is 5.29. The second kappa shape index (κ2) is 13.9. The molecule has 5 nitrogen and oxygen atoms in total. The van der Waals surface area contributed by atoms with Crippen LogP contribution in [0.5, 0.6) is 11.5 Å². The molecule has 4 fully saturated rings. The maximum Gasteiger partial charge on any atom is 0.135 e. The third-order valence-corrected chi connectivity index (χ3v) is 13.9. The Hall–Kier alpha value is -4.86. The summed E-state index contributed by atoms with van der Waals surface area (Å²) in [5, 5.41) is 2.31. The zero-order chi connectivity index (χ0) is 38.6. The van der Waals surface area contributed by atoms with Gasteiger partial charge in [-0.1, -0.05) is 86.4 Å². The van der Waals surface area contributed by atoms with E-state index in [-0.39, 0.29) is 31.9 Å². The first-order valence-electron chi connectivity index (χ1n) is 20.8. The molecule has 1 aliphatic heterocycles. The van der Waals surface area contributed by atoms with E-state index in [4.69, 9.17) is 9.72 Å². The number of rotatable bonds is 6. The summed E-state index contributed by atoms with van der Waals surface area (Å²) in [6, 6.07) is 47.4. The summed E-state index contributed by atoms with van der Waals surface area (Å²) in [4.78, 5) is 9.51. The number of aromatic nitrogens is 2. The smallest absolute Gasteiger partial charge is 0.135 e. The van der Waals surface area contributed by atoms with Gasteiger partial charge >= 0.3 is 0 Å². The Kier molecular flexibility index (Phi) is 8.95. The Morgan fingerprint density at radius 2 is 1.43 bits per heavy atom. The molecule has 7 aromatic rings. The van der Waals surface area contributed by atoms with Crippen LogP contribution in [0.1, 0.15) is 75.1 Å². The van der Waals surface area contributed by atoms with Crippen molar-refractivity contribution < 1.29 is 25.8 Å². The first-order valence-corrected chi connectivity index (χ1v) is 20.8. The molecule has 296 valence electrons. The van der Waals surface area contributed by atoms with Crippen LogP contribution in [0, 0.1) is 49.4 Å². The van der Waals surface area contributed by atoms with Crippen LogP contribution in [-0.4, -0.2) is 16.6 Å². The first-order chi connectivity index (χ1) is 27.6. The maximum absolute atomic E-state index is 6.79. The second-order valence-electron chi connectivity index (χ2n) is 18.4. The quantitative estimate of drug-likeness (QED) is 0.156. The van der Waals surface area contributed by atoms with Gasteiger partial charge in [-0.25, -0.2) is 4.98 Å². The van der Waals surface area contributed by atoms with Gasteiger partial charge in [-0.15, -0.1) is 47.0 Å². The van der Waals surface area contributed by atoms with Crippen molar-refractivity contribution in [2.24, 2.45) is 23.7 Å². The Labute approximate surface area is 357 Å². The Morgan fingerprint density at radius 3 is 2.17 bits per heavy atom. The minimum Gasteiger partial charge on any atom is -0.509 e. The van der Waals surface area contributed by atoms with Gasteiger partial charge in [-0.2, -0.15) is 12.7 Å². The minimum absolute atomic E-state index is 0. The largest absolute Gasteiger partial charge is 0.509 e. The second-order valence-corrected chi connectivity index (χ2v) is 18.4. The minimum atomic E-state index is -0.100. The van der Waals surface area contributed by atoms with E-state index in [1.54, 1.807) is 0 Å². The number of pyridine rings is 1. The molecule has 4 bridgehead atoms. The molecule has 5 aromatic carbocycles. The van der Waals surface area contributed by atoms with Crippen molar-refractivity contribution >= 4 is 38.9 Å². The van der Waals surface area contributed by atoms with Crippen LogP contribution in [0.4, 0.5) is 17.1 Å². The van der Waals surface area contributed by atoms with Crippen molar-refractivity contribution in [3.8, 4) is 17.3 Å². The molecular weight excluding hydrogens is 892 g/mol. The third-order valence-electron chi connectivity index (χ3n) is 13.9. The van der Waals surface area contributed by atoms with Crippen LogP contribution in [-0.2, 0) is 31.9 Å². The van der Waals surface area contributed by atoms with Crippen molar-refractivity contribution in [1.29, 1.82) is 0 Å². The topological polar surface area (TPSA) is 33.5 Å². The van der Waals surface area contributed by atoms with Crippen LogP contribution < -0.4 is 14.5 Å². The number of hydrogen-bond acceptors (Lipinski definition) is 4. The van der Waals surface area contributed by atoms with E-state index in [0.717, 1.165) is 51.1 Å². The zero-order valence-corrected chi connectivity index (χ0v) is 36.2. The van der Waals surface area contributed by atoms with Crippen LogP contribution >= 0.6 is 0 Å². The summed E-state index contributed by atoms with van der Waals surface area (Å²) in [6.45, 7) is 11.1. The number of aryl methyl sites for hydroxylation is 1. The van der Waals surface area contributed by atoms with Crippen molar-refractivity contribution in [2.45, 2.75) is 70.6 Å². The summed E-state index contributed by atoms with van der Waals surface area (Å²) in [5.41, 5.74) is 10.6. The van der Waals surface area contributed by atoms with E-state index < -0.39 is 0 Å². The van der Waals surface area contributed by atoms with Crippen molar-refractivity contribution in [2.75, 3.05) is 16.8 Å². The fourth-order valence-electron chi connectivity index (χ4n) is 11.6. The van der Waals surface area contributed by atoms with Gasteiger partial charge in [0.1, 0.15) is 5.82 Å². The number of anilines is 3. The van der Waals surface area contributed by atoms with E-state index in [1.807, 2.05) is 6.07 Å². The van der Waals surface area contributed by atoms with Gasteiger partial charge in [0.2, 0.25) is 0 Å². The van der Waals surface area contributed by atoms with Gasteiger partial charge < -0.3 is 19.1 Å². The van der Waals surface area contributed by atoms with Crippen LogP contribution in [0.25, 0.3) is 27.6 Å². The number of hydrogen-bond donors (Lipinski definition) is 0. The number of nitrogens with zero attached hydrogens (tertiary/aromatic N) is 4. The molecule has 0 radical (unpaired) electrons. The molecule has 0 N–H and O–H groups in total. The summed E-state index contributed by atoms with van der Waals surface area (Å²) in [7, 11) is 2.09. The standard InChI is InChI=1S/C52H49N4O.Pt/c1-33-14-16-36(17-15-33)52(39-23-34-22-35(25-39)26-40(52)24-34)37-20-21-53-50(29-37)56-46-11-7-6-10-44(46)45-19-18-42(31-49(45)56)57-43-28-38(51(2,3)4)27-41(30-43)55-32-54(5)47-12-8-9-13-48(47)55;/h6-21,27-29,32,34-35,39-40H,22-26H2,1-5H3;/q-3;. The van der Waals surface area contributed by atoms with E-state index in [1.165, 1.54) is 59.7 Å². The van der Waals surface area contributed by atoms with Gasteiger partial charge in [0.15, 0.2) is 0 Å². The molecule has 0 atom stereocenters. The van der Waals surface area contributed by atoms with Gasteiger partial charge in [0.05, 0.1) is 0 Å². The average Bonchev–Trinajstić information content (AvgIpc) is 3.72. The molecule has 5 aliphatic rings. The molecule has 0 unspecified atom stereocenters. The molecule has 12 rings (SSSR count). The van der Waals surface area contributed by atoms with Crippen molar-refractivity contribution in [1.82, 2.24) is 9.55 Å². The number of fused-ring (bicyclic) bond motifs is 4. The Balaban J connectivity index is 0.00000408. The van der Waals surface area contributed by atoms with Gasteiger partial charge in [0, 0.05) is 61.1 Å². The molecule has 6 heteroatoms. The molecule has 4 saturated carbocycles. The Morgan fingerprint density at radius 1 is 0.724 bits per heavy atom. The normalized spacial score (nSPS) is 23.4. The molecule has 0 amide bonds. The molecule has 3 heterocycles. The number of benzene rings is 5. The van der Waals surface area contributed by atoms with E-state index in [0.29, 0.717) is 23.3 Å². The maximum atomic E-state index is 6.79. The molecule has 58 heavy (non-hydrogen) atoms.